The van der Waals surface area contributed by atoms with Gasteiger partial charge in [0.2, 0.25) is 0 Å². The van der Waals surface area contributed by atoms with Crippen molar-refractivity contribution < 1.29 is 61.9 Å². The van der Waals surface area contributed by atoms with Crippen molar-refractivity contribution in [3.05, 3.63) is 0 Å². The number of carbonyl (C=O) groups is 2. The van der Waals surface area contributed by atoms with Crippen LogP contribution in [0.2, 0.25) is 0 Å². The van der Waals surface area contributed by atoms with Crippen LogP contribution in [0.3, 0.4) is 0 Å². The topological polar surface area (TPSA) is 156 Å². The number of aliphatic hydroxyl groups is 4. The smallest absolute Gasteiger partial charge is 0.329 e. The first-order valence-electron chi connectivity index (χ1n) is 6.24. The Morgan fingerprint density at radius 1 is 0.714 bits per heavy atom. The predicted octanol–water partition coefficient (Wildman–Crippen LogP) is -0.318. The Balaban J connectivity index is -0.0000000533. The van der Waals surface area contributed by atoms with Crippen molar-refractivity contribution in [2.75, 3.05) is 26.4 Å². The standard InChI is InChI=1S/2C4H10O.2C2H4O3.Ti/c2*1-2-3-4-5;2*3-1-2(4)5;/h2*5H,2-4H2,1H3;2*3H,1H2,(H,4,5);. The SMILES string of the molecule is CCCCO.CCCCO.O=C(O)CO.O=C(O)CO.[Ti]. The molecule has 0 unspecified atom stereocenters. The van der Waals surface area contributed by atoms with Crippen molar-refractivity contribution in [3.63, 3.8) is 0 Å². The van der Waals surface area contributed by atoms with Gasteiger partial charge in [-0.25, -0.2) is 9.59 Å². The van der Waals surface area contributed by atoms with Crippen LogP contribution in [-0.4, -0.2) is 69.0 Å². The Kier molecular flexibility index (Phi) is 56.6. The first kappa shape index (κ1) is 32.4. The molecule has 9 heteroatoms. The number of carboxylic acids is 2. The second-order valence-electron chi connectivity index (χ2n) is 3.26. The molecule has 0 saturated heterocycles. The maximum absolute atomic E-state index is 9.12. The van der Waals surface area contributed by atoms with Gasteiger partial charge in [-0.1, -0.05) is 26.7 Å². The summed E-state index contributed by atoms with van der Waals surface area (Å²) in [5.41, 5.74) is 0. The van der Waals surface area contributed by atoms with Gasteiger partial charge in [0.05, 0.1) is 0 Å². The van der Waals surface area contributed by atoms with Crippen molar-refractivity contribution in [2.24, 2.45) is 0 Å². The Morgan fingerprint density at radius 3 is 0.905 bits per heavy atom. The van der Waals surface area contributed by atoms with Gasteiger partial charge in [0.1, 0.15) is 13.2 Å². The first-order chi connectivity index (χ1) is 9.37. The fraction of sp³-hybridized carbons (Fsp3) is 0.833. The summed E-state index contributed by atoms with van der Waals surface area (Å²) in [7, 11) is 0. The summed E-state index contributed by atoms with van der Waals surface area (Å²) in [5.74, 6) is -2.38. The van der Waals surface area contributed by atoms with E-state index in [0.29, 0.717) is 13.2 Å². The second kappa shape index (κ2) is 36.6. The number of carboxylic acid groups (broad SMARTS) is 2. The molecule has 128 valence electrons. The van der Waals surface area contributed by atoms with Gasteiger partial charge in [0.15, 0.2) is 0 Å². The van der Waals surface area contributed by atoms with Crippen molar-refractivity contribution in [1.29, 1.82) is 0 Å². The summed E-state index contributed by atoms with van der Waals surface area (Å²) >= 11 is 0. The fourth-order valence-electron chi connectivity index (χ4n) is 0.316. The van der Waals surface area contributed by atoms with E-state index in [1.54, 1.807) is 0 Å². The zero-order valence-corrected chi connectivity index (χ0v) is 14.2. The maximum atomic E-state index is 9.12. The molecule has 0 rings (SSSR count). The molecular formula is C12H28O8Ti. The number of unbranched alkanes of at least 4 members (excludes halogenated alkanes) is 2. The molecule has 0 amide bonds. The van der Waals surface area contributed by atoms with Crippen LogP contribution in [0.25, 0.3) is 0 Å². The molecule has 0 fully saturated rings. The molecule has 0 spiro atoms. The van der Waals surface area contributed by atoms with Crippen molar-refractivity contribution >= 4 is 11.9 Å². The van der Waals surface area contributed by atoms with Crippen LogP contribution in [-0.2, 0) is 31.3 Å². The van der Waals surface area contributed by atoms with E-state index in [2.05, 4.69) is 13.8 Å². The molecule has 0 aliphatic rings. The van der Waals surface area contributed by atoms with E-state index in [0.717, 1.165) is 25.7 Å². The summed E-state index contributed by atoms with van der Waals surface area (Å²) < 4.78 is 0. The van der Waals surface area contributed by atoms with Gasteiger partial charge < -0.3 is 30.6 Å². The van der Waals surface area contributed by atoms with E-state index in [4.69, 9.17) is 40.2 Å². The van der Waals surface area contributed by atoms with E-state index < -0.39 is 25.2 Å². The minimum absolute atomic E-state index is 0. The zero-order chi connectivity index (χ0) is 16.8. The molecule has 0 atom stereocenters. The van der Waals surface area contributed by atoms with E-state index >= 15 is 0 Å². The largest absolute Gasteiger partial charge is 0.480 e. The van der Waals surface area contributed by atoms with Crippen LogP contribution in [0.5, 0.6) is 0 Å². The number of aliphatic hydroxyl groups excluding tert-OH is 4. The Morgan fingerprint density at radius 2 is 0.905 bits per heavy atom. The average Bonchev–Trinajstić information content (AvgIpc) is 2.42. The molecule has 0 saturated carbocycles. The normalized spacial score (nSPS) is 7.52. The van der Waals surface area contributed by atoms with Crippen LogP contribution < -0.4 is 0 Å². The summed E-state index contributed by atoms with van der Waals surface area (Å²) in [6, 6.07) is 0. The molecule has 0 aliphatic carbocycles. The summed E-state index contributed by atoms with van der Waals surface area (Å²) in [5, 5.41) is 46.2. The summed E-state index contributed by atoms with van der Waals surface area (Å²) in [4.78, 5) is 18.2. The third-order valence-electron chi connectivity index (χ3n) is 1.29. The van der Waals surface area contributed by atoms with Gasteiger partial charge in [-0.2, -0.15) is 0 Å². The number of rotatable bonds is 6. The van der Waals surface area contributed by atoms with Gasteiger partial charge in [-0.05, 0) is 12.8 Å². The number of aliphatic carboxylic acids is 2. The molecule has 0 aromatic rings. The van der Waals surface area contributed by atoms with E-state index in [9.17, 15) is 0 Å². The molecule has 6 N–H and O–H groups in total. The Labute approximate surface area is 140 Å². The van der Waals surface area contributed by atoms with E-state index in [-0.39, 0.29) is 21.7 Å². The molecule has 0 aromatic carbocycles. The molecular weight excluding hydrogens is 320 g/mol. The Hall–Kier alpha value is -0.506. The fourth-order valence-corrected chi connectivity index (χ4v) is 0.316. The van der Waals surface area contributed by atoms with Crippen LogP contribution in [0, 0.1) is 0 Å². The van der Waals surface area contributed by atoms with Gasteiger partial charge >= 0.3 is 11.9 Å². The second-order valence-corrected chi connectivity index (χ2v) is 3.26. The quantitative estimate of drug-likeness (QED) is 0.357. The first-order valence-corrected chi connectivity index (χ1v) is 6.24. The summed E-state index contributed by atoms with van der Waals surface area (Å²) in [6.45, 7) is 3.24. The van der Waals surface area contributed by atoms with Crippen molar-refractivity contribution in [3.8, 4) is 0 Å². The number of hydrogen-bond donors (Lipinski definition) is 6. The number of hydrogen-bond acceptors (Lipinski definition) is 6. The minimum Gasteiger partial charge on any atom is -0.480 e. The Bertz CT molecular complexity index is 166. The van der Waals surface area contributed by atoms with Crippen LogP contribution >= 0.6 is 0 Å². The van der Waals surface area contributed by atoms with Crippen molar-refractivity contribution in [1.82, 2.24) is 0 Å². The molecule has 0 radical (unpaired) electrons. The van der Waals surface area contributed by atoms with Crippen LogP contribution in [0.15, 0.2) is 0 Å². The van der Waals surface area contributed by atoms with Crippen molar-refractivity contribution in [2.45, 2.75) is 39.5 Å². The van der Waals surface area contributed by atoms with E-state index in [1.165, 1.54) is 0 Å². The predicted molar refractivity (Wildman–Crippen MR) is 73.4 cm³/mol. The molecule has 8 nitrogen and oxygen atoms in total. The maximum Gasteiger partial charge on any atom is 0.329 e. The molecule has 0 aliphatic heterocycles. The zero-order valence-electron chi connectivity index (χ0n) is 12.7. The van der Waals surface area contributed by atoms with Crippen LogP contribution in [0.4, 0.5) is 0 Å². The minimum atomic E-state index is -1.19. The monoisotopic (exact) mass is 348 g/mol. The molecule has 0 heterocycles. The van der Waals surface area contributed by atoms with Gasteiger partial charge in [0, 0.05) is 34.9 Å². The third kappa shape index (κ3) is 106. The summed E-state index contributed by atoms with van der Waals surface area (Å²) in [6.07, 6.45) is 4.08. The molecule has 0 bridgehead atoms. The molecule has 21 heavy (non-hydrogen) atoms. The average molecular weight is 348 g/mol. The van der Waals surface area contributed by atoms with Crippen LogP contribution in [0.1, 0.15) is 39.5 Å². The van der Waals surface area contributed by atoms with E-state index in [1.807, 2.05) is 0 Å². The van der Waals surface area contributed by atoms with Gasteiger partial charge in [-0.15, -0.1) is 0 Å². The molecule has 0 aromatic heterocycles. The van der Waals surface area contributed by atoms with Gasteiger partial charge in [0.25, 0.3) is 0 Å². The third-order valence-corrected chi connectivity index (χ3v) is 1.29. The van der Waals surface area contributed by atoms with Gasteiger partial charge in [-0.3, -0.25) is 0 Å².